The van der Waals surface area contributed by atoms with Crippen LogP contribution >= 0.6 is 0 Å². The standard InChI is InChI=1S/C16H21N5O2/c1-4-14(22)20-9-5-6-12(20)13-7-8-17-15-11(10-18-21(13)15)16(23)19(2)3/h7-8,10,12H,4-6,9H2,1-3H3. The van der Waals surface area contributed by atoms with Gasteiger partial charge in [-0.15, -0.1) is 0 Å². The molecule has 1 aliphatic rings. The Hall–Kier alpha value is -2.44. The van der Waals surface area contributed by atoms with Crippen LogP contribution < -0.4 is 0 Å². The van der Waals surface area contributed by atoms with Gasteiger partial charge in [-0.3, -0.25) is 9.59 Å². The van der Waals surface area contributed by atoms with Crippen LogP contribution in [-0.2, 0) is 4.79 Å². The molecule has 0 aliphatic carbocycles. The van der Waals surface area contributed by atoms with Crippen molar-refractivity contribution in [2.24, 2.45) is 0 Å². The van der Waals surface area contributed by atoms with Crippen LogP contribution in [-0.4, -0.2) is 56.9 Å². The molecule has 1 aliphatic heterocycles. The summed E-state index contributed by atoms with van der Waals surface area (Å²) >= 11 is 0. The molecule has 0 bridgehead atoms. The first-order valence-corrected chi connectivity index (χ1v) is 7.88. The van der Waals surface area contributed by atoms with Crippen LogP contribution in [0.2, 0.25) is 0 Å². The predicted molar refractivity (Wildman–Crippen MR) is 85.0 cm³/mol. The summed E-state index contributed by atoms with van der Waals surface area (Å²) in [6.07, 6.45) is 5.61. The molecule has 2 amide bonds. The van der Waals surface area contributed by atoms with Crippen LogP contribution in [0.15, 0.2) is 18.5 Å². The second-order valence-corrected chi connectivity index (χ2v) is 5.96. The molecule has 0 saturated carbocycles. The number of hydrogen-bond acceptors (Lipinski definition) is 4. The minimum absolute atomic E-state index is 0.00448. The third-order valence-corrected chi connectivity index (χ3v) is 4.28. The van der Waals surface area contributed by atoms with Gasteiger partial charge < -0.3 is 9.80 Å². The van der Waals surface area contributed by atoms with Crippen molar-refractivity contribution in [3.8, 4) is 0 Å². The van der Waals surface area contributed by atoms with Crippen molar-refractivity contribution in [3.05, 3.63) is 29.7 Å². The fraction of sp³-hybridized carbons (Fsp3) is 0.500. The molecule has 0 spiro atoms. The van der Waals surface area contributed by atoms with E-state index in [0.29, 0.717) is 17.6 Å². The summed E-state index contributed by atoms with van der Waals surface area (Å²) in [5.74, 6) is 0.0202. The van der Waals surface area contributed by atoms with Gasteiger partial charge in [0, 0.05) is 33.3 Å². The fourth-order valence-corrected chi connectivity index (χ4v) is 3.13. The van der Waals surface area contributed by atoms with Gasteiger partial charge in [0.1, 0.15) is 5.56 Å². The number of carbonyl (C=O) groups excluding carboxylic acids is 2. The van der Waals surface area contributed by atoms with E-state index in [1.807, 2.05) is 17.9 Å². The number of likely N-dealkylation sites (tertiary alicyclic amines) is 1. The SMILES string of the molecule is CCC(=O)N1CCCC1c1ccnc2c(C(=O)N(C)C)cnn12. The summed E-state index contributed by atoms with van der Waals surface area (Å²) in [6, 6.07) is 1.88. The van der Waals surface area contributed by atoms with Gasteiger partial charge >= 0.3 is 0 Å². The smallest absolute Gasteiger partial charge is 0.258 e. The molecule has 2 aromatic rings. The molecule has 7 heteroatoms. The molecule has 3 rings (SSSR count). The molecule has 7 nitrogen and oxygen atoms in total. The van der Waals surface area contributed by atoms with E-state index in [9.17, 15) is 9.59 Å². The first kappa shape index (κ1) is 15.5. The number of fused-ring (bicyclic) bond motifs is 1. The minimum Gasteiger partial charge on any atom is -0.345 e. The maximum atomic E-state index is 12.2. The summed E-state index contributed by atoms with van der Waals surface area (Å²) in [7, 11) is 3.41. The molecule has 0 radical (unpaired) electrons. The van der Waals surface area contributed by atoms with Crippen LogP contribution in [0.3, 0.4) is 0 Å². The van der Waals surface area contributed by atoms with E-state index in [-0.39, 0.29) is 17.9 Å². The predicted octanol–water partition coefficient (Wildman–Crippen LogP) is 1.50. The lowest BCUT2D eigenvalue weighted by molar-refractivity contribution is -0.131. The van der Waals surface area contributed by atoms with Crippen molar-refractivity contribution < 1.29 is 9.59 Å². The number of nitrogens with zero attached hydrogens (tertiary/aromatic N) is 5. The zero-order valence-corrected chi connectivity index (χ0v) is 13.7. The molecule has 1 saturated heterocycles. The third kappa shape index (κ3) is 2.56. The number of aromatic nitrogens is 3. The second kappa shape index (κ2) is 5.98. The van der Waals surface area contributed by atoms with Gasteiger partial charge in [-0.05, 0) is 18.9 Å². The zero-order chi connectivity index (χ0) is 16.6. The van der Waals surface area contributed by atoms with Crippen LogP contribution in [0.5, 0.6) is 0 Å². The van der Waals surface area contributed by atoms with E-state index in [1.165, 1.54) is 4.90 Å². The maximum absolute atomic E-state index is 12.2. The Labute approximate surface area is 134 Å². The lowest BCUT2D eigenvalue weighted by Gasteiger charge is -2.24. The van der Waals surface area contributed by atoms with Crippen molar-refractivity contribution in [2.45, 2.75) is 32.2 Å². The number of rotatable bonds is 3. The quantitative estimate of drug-likeness (QED) is 0.860. The first-order chi connectivity index (χ1) is 11.0. The molecular weight excluding hydrogens is 294 g/mol. The third-order valence-electron chi connectivity index (χ3n) is 4.28. The van der Waals surface area contributed by atoms with Gasteiger partial charge in [-0.25, -0.2) is 9.50 Å². The van der Waals surface area contributed by atoms with Gasteiger partial charge in [0.2, 0.25) is 5.91 Å². The fourth-order valence-electron chi connectivity index (χ4n) is 3.13. The van der Waals surface area contributed by atoms with Crippen LogP contribution in [0, 0.1) is 0 Å². The molecule has 0 aromatic carbocycles. The lowest BCUT2D eigenvalue weighted by Crippen LogP contribution is -2.31. The summed E-state index contributed by atoms with van der Waals surface area (Å²) in [5, 5.41) is 4.35. The first-order valence-electron chi connectivity index (χ1n) is 7.88. The van der Waals surface area contributed by atoms with Crippen molar-refractivity contribution in [1.82, 2.24) is 24.4 Å². The van der Waals surface area contributed by atoms with E-state index in [1.54, 1.807) is 31.0 Å². The number of carbonyl (C=O) groups is 2. The van der Waals surface area contributed by atoms with E-state index < -0.39 is 0 Å². The number of amides is 2. The average molecular weight is 315 g/mol. The maximum Gasteiger partial charge on any atom is 0.258 e. The van der Waals surface area contributed by atoms with Crippen molar-refractivity contribution in [2.75, 3.05) is 20.6 Å². The Balaban J connectivity index is 2.06. The molecule has 122 valence electrons. The topological polar surface area (TPSA) is 70.8 Å². The van der Waals surface area contributed by atoms with Crippen LogP contribution in [0.1, 0.15) is 48.3 Å². The summed E-state index contributed by atoms with van der Waals surface area (Å²) < 4.78 is 1.70. The van der Waals surface area contributed by atoms with Crippen LogP contribution in [0.25, 0.3) is 5.65 Å². The minimum atomic E-state index is -0.127. The normalized spacial score (nSPS) is 17.7. The van der Waals surface area contributed by atoms with Gasteiger partial charge in [-0.1, -0.05) is 6.92 Å². The Kier molecular flexibility index (Phi) is 4.02. The van der Waals surface area contributed by atoms with Gasteiger partial charge in [0.25, 0.3) is 5.91 Å². The summed E-state index contributed by atoms with van der Waals surface area (Å²) in [5.41, 5.74) is 1.92. The molecule has 23 heavy (non-hydrogen) atoms. The second-order valence-electron chi connectivity index (χ2n) is 5.96. The van der Waals surface area contributed by atoms with Crippen LogP contribution in [0.4, 0.5) is 0 Å². The zero-order valence-electron chi connectivity index (χ0n) is 13.7. The average Bonchev–Trinajstić information content (AvgIpc) is 3.19. The monoisotopic (exact) mass is 315 g/mol. The Morgan fingerprint density at radius 3 is 2.87 bits per heavy atom. The molecular formula is C16H21N5O2. The highest BCUT2D eigenvalue weighted by Crippen LogP contribution is 2.32. The van der Waals surface area contributed by atoms with E-state index >= 15 is 0 Å². The highest BCUT2D eigenvalue weighted by Gasteiger charge is 2.31. The summed E-state index contributed by atoms with van der Waals surface area (Å²) in [6.45, 7) is 2.65. The van der Waals surface area contributed by atoms with E-state index in [2.05, 4.69) is 10.1 Å². The van der Waals surface area contributed by atoms with Gasteiger partial charge in [0.05, 0.1) is 17.9 Å². The molecule has 3 heterocycles. The Bertz CT molecular complexity index is 752. The molecule has 1 fully saturated rings. The van der Waals surface area contributed by atoms with Crippen molar-refractivity contribution in [1.29, 1.82) is 0 Å². The largest absolute Gasteiger partial charge is 0.345 e. The molecule has 2 aromatic heterocycles. The lowest BCUT2D eigenvalue weighted by atomic mass is 10.1. The Morgan fingerprint density at radius 1 is 1.39 bits per heavy atom. The van der Waals surface area contributed by atoms with Gasteiger partial charge in [0.15, 0.2) is 5.65 Å². The highest BCUT2D eigenvalue weighted by atomic mass is 16.2. The van der Waals surface area contributed by atoms with Crippen molar-refractivity contribution in [3.63, 3.8) is 0 Å². The summed E-state index contributed by atoms with van der Waals surface area (Å²) in [4.78, 5) is 32.1. The van der Waals surface area contributed by atoms with Gasteiger partial charge in [-0.2, -0.15) is 5.10 Å². The molecule has 1 unspecified atom stereocenters. The Morgan fingerprint density at radius 2 is 2.17 bits per heavy atom. The molecule has 0 N–H and O–H groups in total. The molecule has 1 atom stereocenters. The van der Waals surface area contributed by atoms with E-state index in [0.717, 1.165) is 25.1 Å². The van der Waals surface area contributed by atoms with E-state index in [4.69, 9.17) is 0 Å². The van der Waals surface area contributed by atoms with Crippen molar-refractivity contribution >= 4 is 17.5 Å². The number of hydrogen-bond donors (Lipinski definition) is 0. The highest BCUT2D eigenvalue weighted by molar-refractivity contribution is 5.99.